The summed E-state index contributed by atoms with van der Waals surface area (Å²) in [5, 5.41) is 8.01. The van der Waals surface area contributed by atoms with Crippen molar-refractivity contribution in [2.24, 2.45) is 0 Å². The van der Waals surface area contributed by atoms with E-state index < -0.39 is 0 Å². The van der Waals surface area contributed by atoms with Crippen molar-refractivity contribution in [3.05, 3.63) is 90.4 Å². The molecule has 5 rings (SSSR count). The number of aromatic nitrogens is 3. The highest BCUT2D eigenvalue weighted by molar-refractivity contribution is 7.21. The van der Waals surface area contributed by atoms with Crippen molar-refractivity contribution in [1.82, 2.24) is 20.1 Å². The summed E-state index contributed by atoms with van der Waals surface area (Å²) in [5.41, 5.74) is 2.21. The molecule has 0 radical (unpaired) electrons. The number of nitrogens with zero attached hydrogens (tertiary/aromatic N) is 3. The van der Waals surface area contributed by atoms with Crippen LogP contribution in [0, 0.1) is 0 Å². The van der Waals surface area contributed by atoms with Crippen LogP contribution < -0.4 is 5.32 Å². The third kappa shape index (κ3) is 3.55. The van der Waals surface area contributed by atoms with Crippen LogP contribution in [-0.2, 0) is 6.54 Å². The quantitative estimate of drug-likeness (QED) is 0.465. The van der Waals surface area contributed by atoms with E-state index in [1.54, 1.807) is 28.3 Å². The Kier molecular flexibility index (Phi) is 4.42. The van der Waals surface area contributed by atoms with E-state index in [9.17, 15) is 4.79 Å². The normalized spacial score (nSPS) is 11.0. The number of carbonyl (C=O) groups is 1. The summed E-state index contributed by atoms with van der Waals surface area (Å²) in [6, 6.07) is 23.1. The van der Waals surface area contributed by atoms with Crippen LogP contribution in [-0.4, -0.2) is 20.7 Å². The lowest BCUT2D eigenvalue weighted by atomic mass is 10.3. The zero-order chi connectivity index (χ0) is 19.6. The van der Waals surface area contributed by atoms with Gasteiger partial charge in [-0.15, -0.1) is 11.3 Å². The lowest BCUT2D eigenvalue weighted by Gasteiger charge is -2.01. The summed E-state index contributed by atoms with van der Waals surface area (Å²) in [6.45, 7) is 0.280. The molecule has 2 aromatic carbocycles. The third-order valence-electron chi connectivity index (χ3n) is 4.43. The van der Waals surface area contributed by atoms with Gasteiger partial charge in [0.2, 0.25) is 0 Å². The van der Waals surface area contributed by atoms with Crippen molar-refractivity contribution in [2.75, 3.05) is 0 Å². The standard InChI is InChI=1S/C22H16N4O2S/c27-21(18-12-13-26(25-18)15-6-2-1-3-7-15)23-14-16-10-11-19(28-16)22-24-17-8-4-5-9-20(17)29-22/h1-13H,14H2,(H,23,27). The fourth-order valence-electron chi connectivity index (χ4n) is 2.99. The van der Waals surface area contributed by atoms with Gasteiger partial charge >= 0.3 is 0 Å². The first-order valence-electron chi connectivity index (χ1n) is 9.10. The van der Waals surface area contributed by atoms with E-state index >= 15 is 0 Å². The summed E-state index contributed by atoms with van der Waals surface area (Å²) in [5.74, 6) is 1.11. The molecule has 0 spiro atoms. The van der Waals surface area contributed by atoms with Crippen LogP contribution in [0.25, 0.3) is 26.7 Å². The molecule has 3 heterocycles. The molecule has 0 atom stereocenters. The summed E-state index contributed by atoms with van der Waals surface area (Å²) in [7, 11) is 0. The smallest absolute Gasteiger partial charge is 0.272 e. The van der Waals surface area contributed by atoms with Crippen LogP contribution in [0.5, 0.6) is 0 Å². The minimum Gasteiger partial charge on any atom is -0.457 e. The molecule has 6 nitrogen and oxygen atoms in total. The molecule has 142 valence electrons. The van der Waals surface area contributed by atoms with Crippen LogP contribution in [0.2, 0.25) is 0 Å². The number of hydrogen-bond acceptors (Lipinski definition) is 5. The van der Waals surface area contributed by atoms with Gasteiger partial charge in [-0.1, -0.05) is 30.3 Å². The topological polar surface area (TPSA) is 73.0 Å². The summed E-state index contributed by atoms with van der Waals surface area (Å²) in [4.78, 5) is 17.0. The number of rotatable bonds is 5. The summed E-state index contributed by atoms with van der Waals surface area (Å²) < 4.78 is 8.65. The molecule has 0 saturated heterocycles. The van der Waals surface area contributed by atoms with Gasteiger partial charge in [-0.3, -0.25) is 4.79 Å². The third-order valence-corrected chi connectivity index (χ3v) is 5.48. The maximum atomic E-state index is 12.4. The highest BCUT2D eigenvalue weighted by Crippen LogP contribution is 2.31. The Balaban J connectivity index is 1.26. The van der Waals surface area contributed by atoms with Crippen molar-refractivity contribution in [2.45, 2.75) is 6.54 Å². The Morgan fingerprint density at radius 2 is 1.83 bits per heavy atom. The molecular formula is C22H16N4O2S. The van der Waals surface area contributed by atoms with E-state index in [1.165, 1.54) is 0 Å². The van der Waals surface area contributed by atoms with Crippen LogP contribution in [0.1, 0.15) is 16.2 Å². The monoisotopic (exact) mass is 400 g/mol. The molecule has 1 amide bonds. The van der Waals surface area contributed by atoms with E-state index in [4.69, 9.17) is 4.42 Å². The average Bonchev–Trinajstić information content (AvgIpc) is 3.51. The molecule has 0 aliphatic rings. The Morgan fingerprint density at radius 3 is 2.69 bits per heavy atom. The molecule has 0 unspecified atom stereocenters. The van der Waals surface area contributed by atoms with Crippen LogP contribution in [0.4, 0.5) is 0 Å². The number of para-hydroxylation sites is 2. The number of hydrogen-bond donors (Lipinski definition) is 1. The van der Waals surface area contributed by atoms with Gasteiger partial charge in [-0.05, 0) is 42.5 Å². The first-order valence-corrected chi connectivity index (χ1v) is 9.92. The van der Waals surface area contributed by atoms with Crippen LogP contribution in [0.15, 0.2) is 83.4 Å². The lowest BCUT2D eigenvalue weighted by Crippen LogP contribution is -2.23. The van der Waals surface area contributed by atoms with Gasteiger partial charge in [0, 0.05) is 6.20 Å². The maximum absolute atomic E-state index is 12.4. The van der Waals surface area contributed by atoms with Crippen molar-refractivity contribution in [3.8, 4) is 16.5 Å². The van der Waals surface area contributed by atoms with Gasteiger partial charge in [0.15, 0.2) is 16.5 Å². The Hall–Kier alpha value is -3.71. The number of furan rings is 1. The van der Waals surface area contributed by atoms with Crippen LogP contribution in [0.3, 0.4) is 0 Å². The van der Waals surface area contributed by atoms with E-state index in [1.807, 2.05) is 66.7 Å². The number of amides is 1. The summed E-state index contributed by atoms with van der Waals surface area (Å²) >= 11 is 1.58. The molecule has 0 bridgehead atoms. The molecule has 5 aromatic rings. The van der Waals surface area contributed by atoms with Gasteiger partial charge in [0.25, 0.3) is 5.91 Å². The molecular weight excluding hydrogens is 384 g/mol. The Morgan fingerprint density at radius 1 is 1.00 bits per heavy atom. The molecule has 29 heavy (non-hydrogen) atoms. The van der Waals surface area contributed by atoms with Gasteiger partial charge in [0.1, 0.15) is 5.76 Å². The molecule has 7 heteroatoms. The minimum absolute atomic E-state index is 0.252. The fraction of sp³-hybridized carbons (Fsp3) is 0.0455. The van der Waals surface area contributed by atoms with Gasteiger partial charge in [-0.25, -0.2) is 9.67 Å². The largest absolute Gasteiger partial charge is 0.457 e. The van der Waals surface area contributed by atoms with Gasteiger partial charge in [0.05, 0.1) is 22.4 Å². The van der Waals surface area contributed by atoms with E-state index in [-0.39, 0.29) is 12.5 Å². The second kappa shape index (κ2) is 7.37. The number of benzene rings is 2. The average molecular weight is 400 g/mol. The maximum Gasteiger partial charge on any atom is 0.272 e. The fourth-order valence-corrected chi connectivity index (χ4v) is 3.92. The highest BCUT2D eigenvalue weighted by atomic mass is 32.1. The zero-order valence-electron chi connectivity index (χ0n) is 15.3. The predicted octanol–water partition coefficient (Wildman–Crippen LogP) is 4.67. The van der Waals surface area contributed by atoms with Crippen molar-refractivity contribution in [3.63, 3.8) is 0 Å². The molecule has 0 aliphatic heterocycles. The molecule has 1 N–H and O–H groups in total. The SMILES string of the molecule is O=C(NCc1ccc(-c2nc3ccccc3s2)o1)c1ccn(-c2ccccc2)n1. The predicted molar refractivity (Wildman–Crippen MR) is 112 cm³/mol. The van der Waals surface area contributed by atoms with Crippen molar-refractivity contribution >= 4 is 27.5 Å². The van der Waals surface area contributed by atoms with Gasteiger partial charge in [-0.2, -0.15) is 5.10 Å². The van der Waals surface area contributed by atoms with Crippen LogP contribution >= 0.6 is 11.3 Å². The lowest BCUT2D eigenvalue weighted by molar-refractivity contribution is 0.0942. The number of fused-ring (bicyclic) bond motifs is 1. The second-order valence-electron chi connectivity index (χ2n) is 6.42. The Labute approximate surface area is 170 Å². The molecule has 3 aromatic heterocycles. The minimum atomic E-state index is -0.252. The second-order valence-corrected chi connectivity index (χ2v) is 7.45. The summed E-state index contributed by atoms with van der Waals surface area (Å²) in [6.07, 6.45) is 1.77. The first kappa shape index (κ1) is 17.4. The zero-order valence-corrected chi connectivity index (χ0v) is 16.1. The highest BCUT2D eigenvalue weighted by Gasteiger charge is 2.13. The number of thiazole rings is 1. The number of carbonyl (C=O) groups excluding carboxylic acids is 1. The van der Waals surface area contributed by atoms with E-state index in [0.29, 0.717) is 17.2 Å². The number of nitrogens with one attached hydrogen (secondary N) is 1. The van der Waals surface area contributed by atoms with E-state index in [2.05, 4.69) is 15.4 Å². The molecule has 0 fully saturated rings. The first-order chi connectivity index (χ1) is 14.3. The van der Waals surface area contributed by atoms with Gasteiger partial charge < -0.3 is 9.73 Å². The van der Waals surface area contributed by atoms with Crippen molar-refractivity contribution < 1.29 is 9.21 Å². The Bertz CT molecular complexity index is 1250. The molecule has 0 saturated carbocycles. The van der Waals surface area contributed by atoms with Crippen molar-refractivity contribution in [1.29, 1.82) is 0 Å². The van der Waals surface area contributed by atoms with E-state index in [0.717, 1.165) is 20.9 Å². The molecule has 0 aliphatic carbocycles.